The van der Waals surface area contributed by atoms with Gasteiger partial charge in [-0.2, -0.15) is 0 Å². The summed E-state index contributed by atoms with van der Waals surface area (Å²) in [5.41, 5.74) is 7.75. The molecule has 0 saturated carbocycles. The fourth-order valence-corrected chi connectivity index (χ4v) is 2.67. The molecule has 4 atom stereocenters. The lowest BCUT2D eigenvalue weighted by atomic mass is 10.1. The third-order valence-corrected chi connectivity index (χ3v) is 4.09. The Kier molecular flexibility index (Phi) is 5.46. The lowest BCUT2D eigenvalue weighted by molar-refractivity contribution is -0.151. The number of imidazole rings is 1. The van der Waals surface area contributed by atoms with Crippen LogP contribution in [-0.4, -0.2) is 71.7 Å². The average Bonchev–Trinajstić information content (AvgIpc) is 3.21. The summed E-state index contributed by atoms with van der Waals surface area (Å²) in [7, 11) is 0. The number of hydroxylamine groups is 1. The van der Waals surface area contributed by atoms with Gasteiger partial charge in [0, 0.05) is 6.42 Å². The van der Waals surface area contributed by atoms with Gasteiger partial charge >= 0.3 is 5.97 Å². The highest BCUT2D eigenvalue weighted by atomic mass is 16.6. The van der Waals surface area contributed by atoms with Gasteiger partial charge in [0.15, 0.2) is 17.7 Å². The van der Waals surface area contributed by atoms with Gasteiger partial charge in [0.05, 0.1) is 12.7 Å². The number of hydrogen-bond donors (Lipinski definition) is 5. The van der Waals surface area contributed by atoms with E-state index >= 15 is 0 Å². The first-order chi connectivity index (χ1) is 12.9. The van der Waals surface area contributed by atoms with E-state index in [1.807, 2.05) is 0 Å². The molecule has 2 aromatic rings. The third-order valence-electron chi connectivity index (χ3n) is 4.09. The Bertz CT molecular complexity index is 842. The Balaban J connectivity index is 1.64. The first-order valence-electron chi connectivity index (χ1n) is 7.95. The number of nitrogens with zero attached hydrogens (tertiary/aromatic N) is 4. The van der Waals surface area contributed by atoms with E-state index in [1.165, 1.54) is 22.7 Å². The van der Waals surface area contributed by atoms with Crippen molar-refractivity contribution in [2.24, 2.45) is 0 Å². The molecule has 1 saturated heterocycles. The van der Waals surface area contributed by atoms with Crippen molar-refractivity contribution in [2.45, 2.75) is 37.4 Å². The van der Waals surface area contributed by atoms with Gasteiger partial charge in [0.1, 0.15) is 36.8 Å². The number of nitrogen functional groups attached to an aromatic ring is 1. The quantitative estimate of drug-likeness (QED) is 0.208. The van der Waals surface area contributed by atoms with Gasteiger partial charge in [0.2, 0.25) is 5.91 Å². The number of carbonyl (C=O) groups is 2. The van der Waals surface area contributed by atoms with Crippen LogP contribution in [0.1, 0.15) is 19.1 Å². The van der Waals surface area contributed by atoms with Crippen molar-refractivity contribution in [3.63, 3.8) is 0 Å². The second-order valence-corrected chi connectivity index (χ2v) is 5.85. The molecule has 2 aromatic heterocycles. The SMILES string of the molecule is Nc1ncnc2c1ncn2[C@@H]1O[C@H](COC(=O)CCC(=O)NO)[C@@H](O)[C@@H]1O. The van der Waals surface area contributed by atoms with Crippen LogP contribution in [0.4, 0.5) is 5.82 Å². The topological polar surface area (TPSA) is 195 Å². The second kappa shape index (κ2) is 7.79. The zero-order chi connectivity index (χ0) is 19.6. The molecule has 0 aromatic carbocycles. The largest absolute Gasteiger partial charge is 0.463 e. The molecule has 0 radical (unpaired) electrons. The Morgan fingerprint density at radius 2 is 2.04 bits per heavy atom. The molecule has 1 aliphatic rings. The van der Waals surface area contributed by atoms with Gasteiger partial charge in [-0.15, -0.1) is 0 Å². The fourth-order valence-electron chi connectivity index (χ4n) is 2.67. The minimum Gasteiger partial charge on any atom is -0.463 e. The van der Waals surface area contributed by atoms with Crippen molar-refractivity contribution in [1.29, 1.82) is 0 Å². The van der Waals surface area contributed by atoms with E-state index in [2.05, 4.69) is 15.0 Å². The number of nitrogens with two attached hydrogens (primary N) is 1. The highest BCUT2D eigenvalue weighted by Gasteiger charge is 2.44. The molecule has 27 heavy (non-hydrogen) atoms. The van der Waals surface area contributed by atoms with Crippen LogP contribution < -0.4 is 11.2 Å². The van der Waals surface area contributed by atoms with Crippen LogP contribution in [0.5, 0.6) is 0 Å². The highest BCUT2D eigenvalue weighted by molar-refractivity contribution is 5.81. The van der Waals surface area contributed by atoms with E-state index < -0.39 is 36.4 Å². The Hall–Kier alpha value is -2.87. The number of nitrogens with one attached hydrogen (secondary N) is 1. The summed E-state index contributed by atoms with van der Waals surface area (Å²) >= 11 is 0. The van der Waals surface area contributed by atoms with Crippen molar-refractivity contribution in [2.75, 3.05) is 12.3 Å². The molecule has 1 amide bonds. The predicted octanol–water partition coefficient (Wildman–Crippen LogP) is -2.14. The van der Waals surface area contributed by atoms with E-state index in [0.717, 1.165) is 0 Å². The molecule has 6 N–H and O–H groups in total. The van der Waals surface area contributed by atoms with E-state index in [0.29, 0.717) is 11.2 Å². The number of hydrogen-bond acceptors (Lipinski definition) is 11. The van der Waals surface area contributed by atoms with Crippen LogP contribution >= 0.6 is 0 Å². The number of carbonyl (C=O) groups excluding carboxylic acids is 2. The minimum atomic E-state index is -1.33. The number of aliphatic hydroxyl groups excluding tert-OH is 2. The van der Waals surface area contributed by atoms with Crippen molar-refractivity contribution in [1.82, 2.24) is 25.0 Å². The summed E-state index contributed by atoms with van der Waals surface area (Å²) < 4.78 is 11.9. The molecule has 1 aliphatic heterocycles. The Morgan fingerprint density at radius 3 is 2.78 bits per heavy atom. The van der Waals surface area contributed by atoms with Crippen LogP contribution in [0.3, 0.4) is 0 Å². The molecule has 0 bridgehead atoms. The number of fused-ring (bicyclic) bond motifs is 1. The van der Waals surface area contributed by atoms with Crippen LogP contribution in [0.15, 0.2) is 12.7 Å². The third kappa shape index (κ3) is 3.80. The average molecular weight is 382 g/mol. The first kappa shape index (κ1) is 18.9. The maximum Gasteiger partial charge on any atom is 0.306 e. The van der Waals surface area contributed by atoms with E-state index in [9.17, 15) is 19.8 Å². The van der Waals surface area contributed by atoms with Crippen molar-refractivity contribution in [3.8, 4) is 0 Å². The Morgan fingerprint density at radius 1 is 1.26 bits per heavy atom. The van der Waals surface area contributed by atoms with Gasteiger partial charge in [-0.3, -0.25) is 19.4 Å². The van der Waals surface area contributed by atoms with Gasteiger partial charge in [-0.05, 0) is 0 Å². The van der Waals surface area contributed by atoms with E-state index in [4.69, 9.17) is 20.4 Å². The zero-order valence-electron chi connectivity index (χ0n) is 13.9. The standard InChI is InChI=1S/C14H18N6O7/c15-12-9-13(17-4-16-12)20(5-18-9)14-11(24)10(23)6(27-14)3-26-8(22)2-1-7(21)19-25/h4-6,10-11,14,23-25H,1-3H2,(H,19,21)(H2,15,16,17)/t6-,10-,11+,14-/m1/s1. The molecular formula is C14H18N6O7. The summed E-state index contributed by atoms with van der Waals surface area (Å²) in [6, 6.07) is 0. The number of anilines is 1. The lowest BCUT2D eigenvalue weighted by Gasteiger charge is -2.16. The molecule has 3 rings (SSSR count). The molecule has 1 fully saturated rings. The monoisotopic (exact) mass is 382 g/mol. The van der Waals surface area contributed by atoms with Gasteiger partial charge in [-0.25, -0.2) is 20.4 Å². The summed E-state index contributed by atoms with van der Waals surface area (Å²) in [4.78, 5) is 34.4. The normalized spacial score (nSPS) is 24.9. The molecule has 146 valence electrons. The minimum absolute atomic E-state index is 0.157. The van der Waals surface area contributed by atoms with Crippen LogP contribution in [0.2, 0.25) is 0 Å². The van der Waals surface area contributed by atoms with Crippen LogP contribution in [-0.2, 0) is 19.1 Å². The number of esters is 1. The fraction of sp³-hybridized carbons (Fsp3) is 0.500. The molecule has 0 spiro atoms. The smallest absolute Gasteiger partial charge is 0.306 e. The van der Waals surface area contributed by atoms with E-state index in [-0.39, 0.29) is 25.3 Å². The summed E-state index contributed by atoms with van der Waals surface area (Å²) in [6.45, 7) is -0.335. The van der Waals surface area contributed by atoms with Crippen LogP contribution in [0.25, 0.3) is 11.2 Å². The number of rotatable bonds is 6. The molecule has 0 aliphatic carbocycles. The zero-order valence-corrected chi connectivity index (χ0v) is 13.9. The highest BCUT2D eigenvalue weighted by Crippen LogP contribution is 2.32. The number of aliphatic hydroxyl groups is 2. The summed E-state index contributed by atoms with van der Waals surface area (Å²) in [6.07, 6.45) is -2.63. The number of aromatic nitrogens is 4. The predicted molar refractivity (Wildman–Crippen MR) is 85.8 cm³/mol. The number of ether oxygens (including phenoxy) is 2. The Labute approximate surface area is 151 Å². The first-order valence-corrected chi connectivity index (χ1v) is 7.95. The van der Waals surface area contributed by atoms with Crippen molar-refractivity contribution in [3.05, 3.63) is 12.7 Å². The maximum absolute atomic E-state index is 11.6. The number of amides is 1. The maximum atomic E-state index is 11.6. The lowest BCUT2D eigenvalue weighted by Crippen LogP contribution is -2.34. The molecule has 0 unspecified atom stereocenters. The van der Waals surface area contributed by atoms with E-state index in [1.54, 1.807) is 0 Å². The molecule has 3 heterocycles. The van der Waals surface area contributed by atoms with Crippen LogP contribution in [0, 0.1) is 0 Å². The summed E-state index contributed by atoms with van der Waals surface area (Å²) in [5.74, 6) is -1.29. The van der Waals surface area contributed by atoms with Gasteiger partial charge < -0.3 is 25.4 Å². The molecule has 13 nitrogen and oxygen atoms in total. The van der Waals surface area contributed by atoms with Gasteiger partial charge in [-0.1, -0.05) is 0 Å². The molecule has 13 heteroatoms. The van der Waals surface area contributed by atoms with Crippen molar-refractivity contribution < 1.29 is 34.5 Å². The van der Waals surface area contributed by atoms with Crippen molar-refractivity contribution >= 4 is 28.9 Å². The second-order valence-electron chi connectivity index (χ2n) is 5.85. The molecular weight excluding hydrogens is 364 g/mol. The van der Waals surface area contributed by atoms with Gasteiger partial charge in [0.25, 0.3) is 0 Å². The summed E-state index contributed by atoms with van der Waals surface area (Å²) in [5, 5.41) is 28.8.